The summed E-state index contributed by atoms with van der Waals surface area (Å²) in [7, 11) is 0. The summed E-state index contributed by atoms with van der Waals surface area (Å²) in [6.07, 6.45) is 1.22. The molecule has 0 saturated heterocycles. The van der Waals surface area contributed by atoms with Crippen LogP contribution in [-0.2, 0) is 4.79 Å². The van der Waals surface area contributed by atoms with Crippen LogP contribution in [0.3, 0.4) is 0 Å². The number of hydrogen-bond donors (Lipinski definition) is 3. The molecule has 2 amide bonds. The zero-order valence-corrected chi connectivity index (χ0v) is 13.5. The van der Waals surface area contributed by atoms with E-state index in [4.69, 9.17) is 9.52 Å². The number of carboxylic acids is 1. The lowest BCUT2D eigenvalue weighted by atomic mass is 10.1. The standard InChI is InChI=1S/C15H16N2O5S/c1-8-9(2)23-15(17-13(20)10-4-3-7-22-10)12(8)14(21)16-6-5-11(18)19/h3-4,7H,5-6H2,1-2H3,(H,16,21)(H,17,20)(H,18,19). The van der Waals surface area contributed by atoms with Gasteiger partial charge in [0.15, 0.2) is 5.76 Å². The van der Waals surface area contributed by atoms with E-state index >= 15 is 0 Å². The van der Waals surface area contributed by atoms with Gasteiger partial charge in [-0.15, -0.1) is 11.3 Å². The Bertz CT molecular complexity index is 733. The van der Waals surface area contributed by atoms with Gasteiger partial charge in [-0.3, -0.25) is 14.4 Å². The molecule has 7 nitrogen and oxygen atoms in total. The summed E-state index contributed by atoms with van der Waals surface area (Å²) in [5.41, 5.74) is 1.09. The fourth-order valence-corrected chi connectivity index (χ4v) is 2.99. The zero-order chi connectivity index (χ0) is 17.0. The normalized spacial score (nSPS) is 10.3. The van der Waals surface area contributed by atoms with Gasteiger partial charge in [0, 0.05) is 11.4 Å². The molecule has 3 N–H and O–H groups in total. The molecule has 2 aromatic rings. The van der Waals surface area contributed by atoms with E-state index in [-0.39, 0.29) is 18.7 Å². The summed E-state index contributed by atoms with van der Waals surface area (Å²) in [5.74, 6) is -1.71. The number of thiophene rings is 1. The smallest absolute Gasteiger partial charge is 0.305 e. The van der Waals surface area contributed by atoms with E-state index in [0.717, 1.165) is 10.4 Å². The molecule has 0 aromatic carbocycles. The van der Waals surface area contributed by atoms with Gasteiger partial charge in [0.2, 0.25) is 0 Å². The van der Waals surface area contributed by atoms with Crippen molar-refractivity contribution >= 4 is 34.1 Å². The van der Waals surface area contributed by atoms with E-state index in [1.807, 2.05) is 6.92 Å². The quantitative estimate of drug-likeness (QED) is 0.750. The number of aryl methyl sites for hydroxylation is 1. The predicted octanol–water partition coefficient (Wildman–Crippen LogP) is 2.41. The molecule has 0 bridgehead atoms. The van der Waals surface area contributed by atoms with Crippen molar-refractivity contribution in [3.05, 3.63) is 40.2 Å². The molecule has 122 valence electrons. The van der Waals surface area contributed by atoms with Gasteiger partial charge < -0.3 is 20.2 Å². The molecule has 0 aliphatic heterocycles. The summed E-state index contributed by atoms with van der Waals surface area (Å²) in [6.45, 7) is 3.64. The lowest BCUT2D eigenvalue weighted by Gasteiger charge is -2.07. The fourth-order valence-electron chi connectivity index (χ4n) is 1.93. The number of carboxylic acid groups (broad SMARTS) is 1. The first kappa shape index (κ1) is 16.8. The van der Waals surface area contributed by atoms with Crippen LogP contribution in [0.4, 0.5) is 5.00 Å². The first-order valence-corrected chi connectivity index (χ1v) is 7.66. The van der Waals surface area contributed by atoms with Crippen LogP contribution in [0.15, 0.2) is 22.8 Å². The van der Waals surface area contributed by atoms with Crippen LogP contribution in [0, 0.1) is 13.8 Å². The number of aliphatic carboxylic acids is 1. The number of furan rings is 1. The van der Waals surface area contributed by atoms with Crippen molar-refractivity contribution in [3.63, 3.8) is 0 Å². The highest BCUT2D eigenvalue weighted by atomic mass is 32.1. The van der Waals surface area contributed by atoms with Crippen molar-refractivity contribution in [1.29, 1.82) is 0 Å². The maximum absolute atomic E-state index is 12.3. The second kappa shape index (κ2) is 7.10. The highest BCUT2D eigenvalue weighted by Gasteiger charge is 2.22. The Kier molecular flexibility index (Phi) is 5.17. The van der Waals surface area contributed by atoms with Crippen molar-refractivity contribution < 1.29 is 23.9 Å². The van der Waals surface area contributed by atoms with Crippen LogP contribution in [0.25, 0.3) is 0 Å². The van der Waals surface area contributed by atoms with Gasteiger partial charge in [0.1, 0.15) is 5.00 Å². The SMILES string of the molecule is Cc1sc(NC(=O)c2ccco2)c(C(=O)NCCC(=O)O)c1C. The van der Waals surface area contributed by atoms with E-state index in [1.54, 1.807) is 13.0 Å². The molecule has 0 aliphatic rings. The summed E-state index contributed by atoms with van der Waals surface area (Å²) in [4.78, 5) is 35.8. The van der Waals surface area contributed by atoms with Gasteiger partial charge in [0.05, 0.1) is 18.2 Å². The Morgan fingerprint density at radius 3 is 2.61 bits per heavy atom. The van der Waals surface area contributed by atoms with Gasteiger partial charge in [0.25, 0.3) is 11.8 Å². The molecule has 0 spiro atoms. The molecule has 8 heteroatoms. The molecule has 0 unspecified atom stereocenters. The summed E-state index contributed by atoms with van der Waals surface area (Å²) in [6, 6.07) is 3.12. The Balaban J connectivity index is 2.17. The van der Waals surface area contributed by atoms with E-state index < -0.39 is 17.8 Å². The second-order valence-corrected chi connectivity index (χ2v) is 6.04. The number of anilines is 1. The van der Waals surface area contributed by atoms with Crippen molar-refractivity contribution in [2.45, 2.75) is 20.3 Å². The lowest BCUT2D eigenvalue weighted by molar-refractivity contribution is -0.136. The second-order valence-electron chi connectivity index (χ2n) is 4.82. The van der Waals surface area contributed by atoms with Crippen molar-refractivity contribution in [2.24, 2.45) is 0 Å². The number of nitrogens with one attached hydrogen (secondary N) is 2. The summed E-state index contributed by atoms with van der Waals surface area (Å²) in [5, 5.41) is 14.2. The minimum atomic E-state index is -0.991. The topological polar surface area (TPSA) is 109 Å². The zero-order valence-electron chi connectivity index (χ0n) is 12.6. The minimum absolute atomic E-state index is 0.0219. The molecule has 0 aliphatic carbocycles. The molecule has 0 atom stereocenters. The van der Waals surface area contributed by atoms with Gasteiger partial charge in [-0.1, -0.05) is 0 Å². The number of amides is 2. The van der Waals surface area contributed by atoms with Crippen LogP contribution in [-0.4, -0.2) is 29.4 Å². The van der Waals surface area contributed by atoms with Crippen LogP contribution in [0.1, 0.15) is 37.8 Å². The molecule has 2 aromatic heterocycles. The summed E-state index contributed by atoms with van der Waals surface area (Å²) >= 11 is 1.28. The van der Waals surface area contributed by atoms with Gasteiger partial charge in [-0.25, -0.2) is 0 Å². The average molecular weight is 336 g/mol. The van der Waals surface area contributed by atoms with Crippen LogP contribution in [0.5, 0.6) is 0 Å². The third kappa shape index (κ3) is 3.98. The summed E-state index contributed by atoms with van der Waals surface area (Å²) < 4.78 is 5.02. The number of carbonyl (C=O) groups excluding carboxylic acids is 2. The molecular weight excluding hydrogens is 320 g/mol. The molecule has 0 saturated carbocycles. The monoisotopic (exact) mass is 336 g/mol. The third-order valence-electron chi connectivity index (χ3n) is 3.21. The fraction of sp³-hybridized carbons (Fsp3) is 0.267. The highest BCUT2D eigenvalue weighted by molar-refractivity contribution is 7.16. The Labute approximate surface area is 136 Å². The molecule has 0 radical (unpaired) electrons. The van der Waals surface area contributed by atoms with Crippen LogP contribution in [0.2, 0.25) is 0 Å². The first-order chi connectivity index (χ1) is 10.9. The number of carbonyl (C=O) groups is 3. The van der Waals surface area contributed by atoms with Crippen molar-refractivity contribution in [3.8, 4) is 0 Å². The largest absolute Gasteiger partial charge is 0.481 e. The number of hydrogen-bond acceptors (Lipinski definition) is 5. The van der Waals surface area contributed by atoms with Crippen LogP contribution < -0.4 is 10.6 Å². The predicted molar refractivity (Wildman–Crippen MR) is 85.0 cm³/mol. The van der Waals surface area contributed by atoms with E-state index in [9.17, 15) is 14.4 Å². The first-order valence-electron chi connectivity index (χ1n) is 6.85. The minimum Gasteiger partial charge on any atom is -0.481 e. The average Bonchev–Trinajstić information content (AvgIpc) is 3.08. The molecule has 2 heterocycles. The Morgan fingerprint density at radius 2 is 2.00 bits per heavy atom. The van der Waals surface area contributed by atoms with E-state index in [1.165, 1.54) is 23.7 Å². The van der Waals surface area contributed by atoms with Crippen molar-refractivity contribution in [2.75, 3.05) is 11.9 Å². The number of rotatable bonds is 6. The van der Waals surface area contributed by atoms with Gasteiger partial charge in [-0.2, -0.15) is 0 Å². The van der Waals surface area contributed by atoms with E-state index in [2.05, 4.69) is 10.6 Å². The Morgan fingerprint density at radius 1 is 1.26 bits per heavy atom. The molecule has 2 rings (SSSR count). The molecule has 0 fully saturated rings. The Hall–Kier alpha value is -2.61. The third-order valence-corrected chi connectivity index (χ3v) is 4.33. The van der Waals surface area contributed by atoms with E-state index in [0.29, 0.717) is 10.6 Å². The van der Waals surface area contributed by atoms with Crippen molar-refractivity contribution in [1.82, 2.24) is 5.32 Å². The maximum Gasteiger partial charge on any atom is 0.305 e. The lowest BCUT2D eigenvalue weighted by Crippen LogP contribution is -2.27. The van der Waals surface area contributed by atoms with Crippen LogP contribution >= 0.6 is 11.3 Å². The van der Waals surface area contributed by atoms with Gasteiger partial charge in [-0.05, 0) is 31.5 Å². The molecular formula is C15H16N2O5S. The van der Waals surface area contributed by atoms with Gasteiger partial charge >= 0.3 is 5.97 Å². The maximum atomic E-state index is 12.3. The highest BCUT2D eigenvalue weighted by Crippen LogP contribution is 2.32. The molecule has 23 heavy (non-hydrogen) atoms.